The van der Waals surface area contributed by atoms with Gasteiger partial charge in [0.15, 0.2) is 5.82 Å². The van der Waals surface area contributed by atoms with Crippen LogP contribution in [0.1, 0.15) is 36.3 Å². The predicted octanol–water partition coefficient (Wildman–Crippen LogP) is 3.81. The van der Waals surface area contributed by atoms with Crippen molar-refractivity contribution in [2.45, 2.75) is 31.6 Å². The largest absolute Gasteiger partial charge is 0.494 e. The average molecular weight is 429 g/mol. The molecule has 0 spiro atoms. The first-order valence-electron chi connectivity index (χ1n) is 9.62. The molecule has 0 saturated carbocycles. The number of hydrogen-bond donors (Lipinski definition) is 3. The lowest BCUT2D eigenvalue weighted by Gasteiger charge is -2.10. The standard InChI is InChI=1S/C21H24N4O4S/c1-3-5-17-14-20(24-23-17)22-21(26)15-6-12-19(13-7-15)30(27,28)25-16-8-10-18(11-9-16)29-4-2/h6-14,25H,3-5H2,1-2H3,(H2,22,23,24,26). The van der Waals surface area contributed by atoms with E-state index in [0.29, 0.717) is 29.4 Å². The highest BCUT2D eigenvalue weighted by Gasteiger charge is 2.16. The fraction of sp³-hybridized carbons (Fsp3) is 0.238. The number of amides is 1. The van der Waals surface area contributed by atoms with Gasteiger partial charge in [-0.1, -0.05) is 13.3 Å². The zero-order valence-corrected chi connectivity index (χ0v) is 17.6. The molecule has 3 N–H and O–H groups in total. The van der Waals surface area contributed by atoms with E-state index in [1.165, 1.54) is 24.3 Å². The van der Waals surface area contributed by atoms with Gasteiger partial charge in [0.05, 0.1) is 11.5 Å². The molecule has 0 radical (unpaired) electrons. The van der Waals surface area contributed by atoms with Gasteiger partial charge < -0.3 is 10.1 Å². The number of carbonyl (C=O) groups is 1. The van der Waals surface area contributed by atoms with Crippen molar-refractivity contribution in [3.8, 4) is 5.75 Å². The van der Waals surface area contributed by atoms with Crippen LogP contribution in [0.25, 0.3) is 0 Å². The van der Waals surface area contributed by atoms with E-state index < -0.39 is 10.0 Å². The molecule has 1 heterocycles. The van der Waals surface area contributed by atoms with Crippen LogP contribution >= 0.6 is 0 Å². The first kappa shape index (κ1) is 21.4. The lowest BCUT2D eigenvalue weighted by Crippen LogP contribution is -2.15. The number of carbonyl (C=O) groups excluding carboxylic acids is 1. The van der Waals surface area contributed by atoms with Crippen LogP contribution in [0.4, 0.5) is 11.5 Å². The topological polar surface area (TPSA) is 113 Å². The molecule has 30 heavy (non-hydrogen) atoms. The van der Waals surface area contributed by atoms with Crippen LogP contribution in [0.15, 0.2) is 59.5 Å². The Morgan fingerprint density at radius 3 is 2.40 bits per heavy atom. The zero-order valence-electron chi connectivity index (χ0n) is 16.8. The Bertz CT molecular complexity index is 1090. The van der Waals surface area contributed by atoms with Gasteiger partial charge in [-0.2, -0.15) is 5.10 Å². The van der Waals surface area contributed by atoms with Crippen molar-refractivity contribution in [1.82, 2.24) is 10.2 Å². The van der Waals surface area contributed by atoms with Gasteiger partial charge in [0.1, 0.15) is 5.75 Å². The number of hydrogen-bond acceptors (Lipinski definition) is 5. The Balaban J connectivity index is 1.66. The Labute approximate surface area is 175 Å². The second-order valence-electron chi connectivity index (χ2n) is 6.57. The number of aryl methyl sites for hydroxylation is 1. The van der Waals surface area contributed by atoms with Crippen LogP contribution in [0.3, 0.4) is 0 Å². The summed E-state index contributed by atoms with van der Waals surface area (Å²) in [7, 11) is -3.78. The van der Waals surface area contributed by atoms with Gasteiger partial charge in [0.25, 0.3) is 15.9 Å². The summed E-state index contributed by atoms with van der Waals surface area (Å²) >= 11 is 0. The second-order valence-corrected chi connectivity index (χ2v) is 8.25. The quantitative estimate of drug-likeness (QED) is 0.480. The molecule has 3 aromatic rings. The van der Waals surface area contributed by atoms with E-state index in [0.717, 1.165) is 18.5 Å². The SMILES string of the molecule is CCCc1cc(NC(=O)c2ccc(S(=O)(=O)Nc3ccc(OCC)cc3)cc2)n[nH]1. The van der Waals surface area contributed by atoms with Crippen LogP contribution in [-0.4, -0.2) is 31.1 Å². The zero-order chi connectivity index (χ0) is 21.6. The smallest absolute Gasteiger partial charge is 0.261 e. The number of aromatic amines is 1. The van der Waals surface area contributed by atoms with Gasteiger partial charge in [0.2, 0.25) is 0 Å². The fourth-order valence-corrected chi connectivity index (χ4v) is 3.86. The van der Waals surface area contributed by atoms with Crippen molar-refractivity contribution >= 4 is 27.4 Å². The summed E-state index contributed by atoms with van der Waals surface area (Å²) in [5, 5.41) is 9.61. The van der Waals surface area contributed by atoms with Gasteiger partial charge in [-0.25, -0.2) is 8.42 Å². The molecule has 1 aromatic heterocycles. The fourth-order valence-electron chi connectivity index (χ4n) is 2.80. The number of benzene rings is 2. The molecule has 1 amide bonds. The van der Waals surface area contributed by atoms with Crippen LogP contribution in [0.5, 0.6) is 5.75 Å². The minimum atomic E-state index is -3.78. The molecule has 0 unspecified atom stereocenters. The minimum Gasteiger partial charge on any atom is -0.494 e. The Morgan fingerprint density at radius 2 is 1.77 bits per heavy atom. The van der Waals surface area contributed by atoms with Gasteiger partial charge in [-0.3, -0.25) is 14.6 Å². The summed E-state index contributed by atoms with van der Waals surface area (Å²) in [6, 6.07) is 14.1. The monoisotopic (exact) mass is 428 g/mol. The van der Waals surface area contributed by atoms with Crippen LogP contribution in [0, 0.1) is 0 Å². The van der Waals surface area contributed by atoms with Crippen molar-refractivity contribution in [3.63, 3.8) is 0 Å². The van der Waals surface area contributed by atoms with Gasteiger partial charge in [-0.15, -0.1) is 0 Å². The Hall–Kier alpha value is -3.33. The third kappa shape index (κ3) is 5.38. The molecule has 9 heteroatoms. The predicted molar refractivity (Wildman–Crippen MR) is 115 cm³/mol. The molecule has 0 aliphatic rings. The number of anilines is 2. The number of H-pyrrole nitrogens is 1. The van der Waals surface area contributed by atoms with Crippen LogP contribution in [-0.2, 0) is 16.4 Å². The van der Waals surface area contributed by atoms with Gasteiger partial charge >= 0.3 is 0 Å². The van der Waals surface area contributed by atoms with E-state index in [-0.39, 0.29) is 10.8 Å². The Kier molecular flexibility index (Phi) is 6.73. The van der Waals surface area contributed by atoms with E-state index in [2.05, 4.69) is 27.2 Å². The van der Waals surface area contributed by atoms with Crippen molar-refractivity contribution < 1.29 is 17.9 Å². The number of aromatic nitrogens is 2. The van der Waals surface area contributed by atoms with E-state index in [1.54, 1.807) is 30.3 Å². The highest BCUT2D eigenvalue weighted by molar-refractivity contribution is 7.92. The number of ether oxygens (including phenoxy) is 1. The van der Waals surface area contributed by atoms with E-state index in [1.807, 2.05) is 6.92 Å². The first-order valence-corrected chi connectivity index (χ1v) is 11.1. The average Bonchev–Trinajstić information content (AvgIpc) is 3.17. The molecule has 0 fully saturated rings. The van der Waals surface area contributed by atoms with E-state index in [9.17, 15) is 13.2 Å². The van der Waals surface area contributed by atoms with Gasteiger partial charge in [-0.05, 0) is 61.9 Å². The molecule has 0 aliphatic heterocycles. The molecule has 8 nitrogen and oxygen atoms in total. The number of nitrogens with zero attached hydrogens (tertiary/aromatic N) is 1. The maximum absolute atomic E-state index is 12.6. The van der Waals surface area contributed by atoms with Crippen LogP contribution in [0.2, 0.25) is 0 Å². The van der Waals surface area contributed by atoms with Crippen molar-refractivity contribution in [2.75, 3.05) is 16.6 Å². The normalized spacial score (nSPS) is 11.1. The molecule has 0 bridgehead atoms. The summed E-state index contributed by atoms with van der Waals surface area (Å²) in [4.78, 5) is 12.4. The molecule has 0 aliphatic carbocycles. The van der Waals surface area contributed by atoms with E-state index >= 15 is 0 Å². The summed E-state index contributed by atoms with van der Waals surface area (Å²) in [5.74, 6) is 0.722. The minimum absolute atomic E-state index is 0.0536. The highest BCUT2D eigenvalue weighted by atomic mass is 32.2. The van der Waals surface area contributed by atoms with Crippen molar-refractivity contribution in [1.29, 1.82) is 0 Å². The number of nitrogens with one attached hydrogen (secondary N) is 3. The molecule has 158 valence electrons. The van der Waals surface area contributed by atoms with Crippen molar-refractivity contribution in [3.05, 3.63) is 65.9 Å². The molecule has 3 rings (SSSR count). The maximum Gasteiger partial charge on any atom is 0.261 e. The lowest BCUT2D eigenvalue weighted by atomic mass is 10.2. The number of sulfonamides is 1. The summed E-state index contributed by atoms with van der Waals surface area (Å²) in [6.07, 6.45) is 1.81. The van der Waals surface area contributed by atoms with E-state index in [4.69, 9.17) is 4.74 Å². The number of rotatable bonds is 9. The maximum atomic E-state index is 12.6. The third-order valence-corrected chi connectivity index (χ3v) is 5.63. The lowest BCUT2D eigenvalue weighted by molar-refractivity contribution is 0.102. The third-order valence-electron chi connectivity index (χ3n) is 4.24. The molecular weight excluding hydrogens is 404 g/mol. The molecular formula is C21H24N4O4S. The molecule has 0 atom stereocenters. The summed E-state index contributed by atoms with van der Waals surface area (Å²) in [6.45, 7) is 4.46. The van der Waals surface area contributed by atoms with Crippen molar-refractivity contribution in [2.24, 2.45) is 0 Å². The summed E-state index contributed by atoms with van der Waals surface area (Å²) in [5.41, 5.74) is 1.69. The second kappa shape index (κ2) is 9.45. The molecule has 2 aromatic carbocycles. The molecule has 0 saturated heterocycles. The highest BCUT2D eigenvalue weighted by Crippen LogP contribution is 2.20. The Morgan fingerprint density at radius 1 is 1.07 bits per heavy atom. The summed E-state index contributed by atoms with van der Waals surface area (Å²) < 4.78 is 33.0. The van der Waals surface area contributed by atoms with Crippen LogP contribution < -0.4 is 14.8 Å². The first-order chi connectivity index (χ1) is 14.4. The van der Waals surface area contributed by atoms with Gasteiger partial charge in [0, 0.05) is 23.0 Å².